The van der Waals surface area contributed by atoms with Crippen LogP contribution >= 0.6 is 0 Å². The van der Waals surface area contributed by atoms with Crippen LogP contribution in [0.5, 0.6) is 11.5 Å². The summed E-state index contributed by atoms with van der Waals surface area (Å²) in [5.41, 5.74) is 11.2. The van der Waals surface area contributed by atoms with E-state index in [2.05, 4.69) is 24.0 Å². The number of nitrogens with zero attached hydrogens (tertiary/aromatic N) is 1. The van der Waals surface area contributed by atoms with Crippen LogP contribution in [0, 0.1) is 6.92 Å². The number of aryl methyl sites for hydroxylation is 3. The van der Waals surface area contributed by atoms with Crippen LogP contribution in [0.1, 0.15) is 72.5 Å². The van der Waals surface area contributed by atoms with Gasteiger partial charge in [-0.3, -0.25) is 4.79 Å². The molecule has 4 heteroatoms. The smallest absolute Gasteiger partial charge is 0.254 e. The van der Waals surface area contributed by atoms with Gasteiger partial charge in [0.05, 0.1) is 0 Å². The average molecular weight is 471 g/mol. The van der Waals surface area contributed by atoms with Gasteiger partial charge in [-0.1, -0.05) is 56.5 Å². The summed E-state index contributed by atoms with van der Waals surface area (Å²) in [5.74, 6) is 1.81. The SMILES string of the molecule is CCCN(C(=O)c1cccc(CCc2cc(Oc3ccccc3C)ccc2N)c1)C1CCCCC1. The van der Waals surface area contributed by atoms with Crippen molar-refractivity contribution >= 4 is 11.6 Å². The fourth-order valence-electron chi connectivity index (χ4n) is 5.05. The summed E-state index contributed by atoms with van der Waals surface area (Å²) < 4.78 is 6.11. The van der Waals surface area contributed by atoms with Crippen molar-refractivity contribution in [3.63, 3.8) is 0 Å². The van der Waals surface area contributed by atoms with Crippen LogP contribution in [-0.4, -0.2) is 23.4 Å². The molecule has 1 saturated carbocycles. The van der Waals surface area contributed by atoms with E-state index < -0.39 is 0 Å². The van der Waals surface area contributed by atoms with E-state index in [9.17, 15) is 4.79 Å². The molecule has 1 amide bonds. The Morgan fingerprint density at radius 2 is 1.77 bits per heavy atom. The summed E-state index contributed by atoms with van der Waals surface area (Å²) in [6.45, 7) is 5.02. The van der Waals surface area contributed by atoms with Crippen LogP contribution in [0.4, 0.5) is 5.69 Å². The van der Waals surface area contributed by atoms with E-state index >= 15 is 0 Å². The summed E-state index contributed by atoms with van der Waals surface area (Å²) in [6.07, 6.45) is 8.60. The third kappa shape index (κ3) is 6.45. The Hall–Kier alpha value is -3.27. The Labute approximate surface area is 210 Å². The second kappa shape index (κ2) is 11.9. The van der Waals surface area contributed by atoms with Crippen LogP contribution in [0.25, 0.3) is 0 Å². The molecule has 1 fully saturated rings. The number of nitrogen functional groups attached to an aromatic ring is 1. The largest absolute Gasteiger partial charge is 0.457 e. The van der Waals surface area contributed by atoms with Crippen molar-refractivity contribution in [3.05, 3.63) is 89.0 Å². The Kier molecular flexibility index (Phi) is 8.46. The van der Waals surface area contributed by atoms with Gasteiger partial charge in [-0.05, 0) is 92.1 Å². The normalized spacial score (nSPS) is 14.0. The molecule has 0 spiro atoms. The minimum absolute atomic E-state index is 0.175. The molecule has 0 radical (unpaired) electrons. The molecule has 4 rings (SSSR count). The maximum Gasteiger partial charge on any atom is 0.254 e. The highest BCUT2D eigenvalue weighted by molar-refractivity contribution is 5.94. The fourth-order valence-corrected chi connectivity index (χ4v) is 5.05. The van der Waals surface area contributed by atoms with E-state index in [0.717, 1.165) is 78.1 Å². The predicted molar refractivity (Wildman–Crippen MR) is 144 cm³/mol. The first kappa shape index (κ1) is 24.8. The van der Waals surface area contributed by atoms with Crippen LogP contribution < -0.4 is 10.5 Å². The summed E-state index contributed by atoms with van der Waals surface area (Å²) in [5, 5.41) is 0. The first-order chi connectivity index (χ1) is 17.0. The van der Waals surface area contributed by atoms with Gasteiger partial charge in [-0.15, -0.1) is 0 Å². The van der Waals surface area contributed by atoms with Crippen molar-refractivity contribution in [3.8, 4) is 11.5 Å². The van der Waals surface area contributed by atoms with Gasteiger partial charge in [0.15, 0.2) is 0 Å². The molecule has 2 N–H and O–H groups in total. The number of carbonyl (C=O) groups excluding carboxylic acids is 1. The second-order valence-corrected chi connectivity index (χ2v) is 9.72. The molecule has 35 heavy (non-hydrogen) atoms. The molecule has 3 aromatic rings. The van der Waals surface area contributed by atoms with E-state index in [-0.39, 0.29) is 5.91 Å². The number of nitrogens with two attached hydrogens (primary N) is 1. The molecule has 184 valence electrons. The zero-order valence-electron chi connectivity index (χ0n) is 21.1. The molecule has 1 aliphatic rings. The molecule has 3 aromatic carbocycles. The lowest BCUT2D eigenvalue weighted by Crippen LogP contribution is -2.42. The predicted octanol–water partition coefficient (Wildman–Crippen LogP) is 7.34. The summed E-state index contributed by atoms with van der Waals surface area (Å²) in [4.78, 5) is 15.6. The first-order valence-corrected chi connectivity index (χ1v) is 13.1. The molecule has 0 aliphatic heterocycles. The topological polar surface area (TPSA) is 55.6 Å². The van der Waals surface area contributed by atoms with Gasteiger partial charge < -0.3 is 15.4 Å². The first-order valence-electron chi connectivity index (χ1n) is 13.1. The Morgan fingerprint density at radius 3 is 2.54 bits per heavy atom. The molecular formula is C31H38N2O2. The highest BCUT2D eigenvalue weighted by Gasteiger charge is 2.25. The molecule has 1 aliphatic carbocycles. The van der Waals surface area contributed by atoms with Crippen molar-refractivity contribution in [2.75, 3.05) is 12.3 Å². The standard InChI is InChI=1S/C31H38N2O2/c1-3-20-33(27-13-5-4-6-14-27)31(34)26-12-9-11-24(21-26)16-17-25-22-28(18-19-29(25)32)35-30-15-8-7-10-23(30)2/h7-12,15,18-19,21-22,27H,3-6,13-14,16-17,20,32H2,1-2H3. The molecule has 0 saturated heterocycles. The number of benzene rings is 3. The fraction of sp³-hybridized carbons (Fsp3) is 0.387. The summed E-state index contributed by atoms with van der Waals surface area (Å²) >= 11 is 0. The Bertz CT molecular complexity index is 1130. The maximum absolute atomic E-state index is 13.4. The summed E-state index contributed by atoms with van der Waals surface area (Å²) in [6, 6.07) is 22.4. The number of amides is 1. The molecule has 4 nitrogen and oxygen atoms in total. The van der Waals surface area contributed by atoms with Crippen LogP contribution in [0.3, 0.4) is 0 Å². The van der Waals surface area contributed by atoms with Crippen molar-refractivity contribution in [1.82, 2.24) is 4.90 Å². The quantitative estimate of drug-likeness (QED) is 0.333. The van der Waals surface area contributed by atoms with Crippen molar-refractivity contribution in [2.24, 2.45) is 0 Å². The number of carbonyl (C=O) groups is 1. The Balaban J connectivity index is 1.45. The summed E-state index contributed by atoms with van der Waals surface area (Å²) in [7, 11) is 0. The second-order valence-electron chi connectivity index (χ2n) is 9.72. The van der Waals surface area contributed by atoms with Gasteiger partial charge in [0, 0.05) is 23.8 Å². The molecule has 0 atom stereocenters. The number of rotatable bonds is 9. The average Bonchev–Trinajstić information content (AvgIpc) is 2.89. The zero-order chi connectivity index (χ0) is 24.6. The molecule has 0 unspecified atom stereocenters. The third-order valence-corrected chi connectivity index (χ3v) is 7.03. The minimum atomic E-state index is 0.175. The zero-order valence-corrected chi connectivity index (χ0v) is 21.1. The van der Waals surface area contributed by atoms with Gasteiger partial charge in [0.2, 0.25) is 0 Å². The third-order valence-electron chi connectivity index (χ3n) is 7.03. The number of hydrogen-bond acceptors (Lipinski definition) is 3. The molecule has 0 heterocycles. The number of para-hydroxylation sites is 1. The van der Waals surface area contributed by atoms with Crippen LogP contribution in [-0.2, 0) is 12.8 Å². The van der Waals surface area contributed by atoms with E-state index in [0.29, 0.717) is 6.04 Å². The van der Waals surface area contributed by atoms with E-state index in [1.54, 1.807) is 0 Å². The van der Waals surface area contributed by atoms with Crippen LogP contribution in [0.2, 0.25) is 0 Å². The van der Waals surface area contributed by atoms with Gasteiger partial charge in [0.1, 0.15) is 11.5 Å². The van der Waals surface area contributed by atoms with Gasteiger partial charge >= 0.3 is 0 Å². The highest BCUT2D eigenvalue weighted by atomic mass is 16.5. The van der Waals surface area contributed by atoms with E-state index in [1.165, 1.54) is 19.3 Å². The van der Waals surface area contributed by atoms with Crippen molar-refractivity contribution < 1.29 is 9.53 Å². The van der Waals surface area contributed by atoms with E-state index in [4.69, 9.17) is 10.5 Å². The monoisotopic (exact) mass is 470 g/mol. The van der Waals surface area contributed by atoms with Crippen LogP contribution in [0.15, 0.2) is 66.7 Å². The Morgan fingerprint density at radius 1 is 0.971 bits per heavy atom. The van der Waals surface area contributed by atoms with Gasteiger partial charge in [-0.2, -0.15) is 0 Å². The molecule has 0 bridgehead atoms. The lowest BCUT2D eigenvalue weighted by Gasteiger charge is -2.34. The van der Waals surface area contributed by atoms with Gasteiger partial charge in [0.25, 0.3) is 5.91 Å². The lowest BCUT2D eigenvalue weighted by atomic mass is 9.93. The number of hydrogen-bond donors (Lipinski definition) is 1. The lowest BCUT2D eigenvalue weighted by molar-refractivity contribution is 0.0634. The number of anilines is 1. The minimum Gasteiger partial charge on any atom is -0.457 e. The van der Waals surface area contributed by atoms with Crippen molar-refractivity contribution in [1.29, 1.82) is 0 Å². The van der Waals surface area contributed by atoms with Crippen molar-refractivity contribution in [2.45, 2.75) is 71.3 Å². The molecular weight excluding hydrogens is 432 g/mol. The van der Waals surface area contributed by atoms with Gasteiger partial charge in [-0.25, -0.2) is 0 Å². The highest BCUT2D eigenvalue weighted by Crippen LogP contribution is 2.28. The molecule has 0 aromatic heterocycles. The van der Waals surface area contributed by atoms with E-state index in [1.807, 2.05) is 61.5 Å². The number of ether oxygens (including phenoxy) is 1. The maximum atomic E-state index is 13.4.